The number of piperidine rings is 1. The molecule has 2 N–H and O–H groups in total. The molecule has 2 aromatic carbocycles. The number of H-pyrrole nitrogens is 1. The van der Waals surface area contributed by atoms with E-state index in [1.54, 1.807) is 7.11 Å². The van der Waals surface area contributed by atoms with E-state index in [-0.39, 0.29) is 6.10 Å². The molecule has 2 bridgehead atoms. The number of benzene rings is 2. The van der Waals surface area contributed by atoms with Crippen molar-refractivity contribution in [2.75, 3.05) is 13.7 Å². The molecule has 3 atom stereocenters. The Labute approximate surface area is 185 Å². The van der Waals surface area contributed by atoms with Gasteiger partial charge in [0.1, 0.15) is 23.4 Å². The summed E-state index contributed by atoms with van der Waals surface area (Å²) >= 11 is 0. The van der Waals surface area contributed by atoms with Crippen LogP contribution in [-0.4, -0.2) is 40.6 Å². The van der Waals surface area contributed by atoms with Crippen LogP contribution in [0.15, 0.2) is 36.7 Å². The first kappa shape index (κ1) is 19.2. The number of hydrogen-bond acceptors (Lipinski definition) is 5. The molecule has 7 heteroatoms. The van der Waals surface area contributed by atoms with E-state index >= 15 is 0 Å². The number of nitrogens with one attached hydrogen (secondary N) is 2. The van der Waals surface area contributed by atoms with Gasteiger partial charge < -0.3 is 19.8 Å². The van der Waals surface area contributed by atoms with E-state index in [2.05, 4.69) is 35.4 Å². The molecule has 1 saturated heterocycles. The molecule has 7 nitrogen and oxygen atoms in total. The third kappa shape index (κ3) is 2.94. The van der Waals surface area contributed by atoms with E-state index < -0.39 is 0 Å². The van der Waals surface area contributed by atoms with Crippen LogP contribution in [-0.2, 0) is 6.54 Å². The Morgan fingerprint density at radius 1 is 1.28 bits per heavy atom. The summed E-state index contributed by atoms with van der Waals surface area (Å²) in [6.07, 6.45) is 6.25. The number of aromatic nitrogens is 3. The molecule has 2 aromatic heterocycles. The van der Waals surface area contributed by atoms with Gasteiger partial charge in [0.2, 0.25) is 0 Å². The first-order chi connectivity index (χ1) is 15.6. The van der Waals surface area contributed by atoms with Crippen molar-refractivity contribution in [1.29, 1.82) is 5.26 Å². The summed E-state index contributed by atoms with van der Waals surface area (Å²) in [5.41, 5.74) is 4.61. The third-order valence-corrected chi connectivity index (χ3v) is 7.02. The van der Waals surface area contributed by atoms with Crippen molar-refractivity contribution in [1.82, 2.24) is 20.1 Å². The first-order valence-electron chi connectivity index (χ1n) is 11.1. The van der Waals surface area contributed by atoms with Crippen LogP contribution in [0.4, 0.5) is 0 Å². The van der Waals surface area contributed by atoms with Gasteiger partial charge in [-0.25, -0.2) is 0 Å². The van der Waals surface area contributed by atoms with Crippen LogP contribution in [0.5, 0.6) is 11.5 Å². The minimum Gasteiger partial charge on any atom is -0.496 e. The molecule has 0 unspecified atom stereocenters. The summed E-state index contributed by atoms with van der Waals surface area (Å²) in [5.74, 6) is 1.96. The zero-order valence-electron chi connectivity index (χ0n) is 18.2. The Balaban J connectivity index is 1.40. The van der Waals surface area contributed by atoms with Crippen molar-refractivity contribution in [3.05, 3.63) is 53.3 Å². The zero-order chi connectivity index (χ0) is 21.8. The topological polar surface area (TPSA) is 87.9 Å². The Morgan fingerprint density at radius 2 is 2.19 bits per heavy atom. The van der Waals surface area contributed by atoms with Crippen LogP contribution >= 0.6 is 0 Å². The molecule has 1 aliphatic heterocycles. The average Bonchev–Trinajstić information content (AvgIpc) is 3.59. The van der Waals surface area contributed by atoms with Crippen LogP contribution < -0.4 is 14.8 Å². The molecule has 162 valence electrons. The van der Waals surface area contributed by atoms with Crippen molar-refractivity contribution >= 4 is 21.8 Å². The number of methoxy groups -OCH3 is 1. The van der Waals surface area contributed by atoms with E-state index in [0.717, 1.165) is 58.1 Å². The summed E-state index contributed by atoms with van der Waals surface area (Å²) in [6.45, 7) is 3.62. The quantitative estimate of drug-likeness (QED) is 0.505. The smallest absolute Gasteiger partial charge is 0.165 e. The van der Waals surface area contributed by atoms with Gasteiger partial charge >= 0.3 is 0 Å². The van der Waals surface area contributed by atoms with Crippen molar-refractivity contribution < 1.29 is 9.47 Å². The second-order valence-electron chi connectivity index (χ2n) is 8.95. The van der Waals surface area contributed by atoms with Crippen molar-refractivity contribution in [3.8, 4) is 17.6 Å². The van der Waals surface area contributed by atoms with Crippen molar-refractivity contribution in [2.24, 2.45) is 5.92 Å². The average molecular weight is 428 g/mol. The molecule has 32 heavy (non-hydrogen) atoms. The number of hydrogen-bond donors (Lipinski definition) is 2. The summed E-state index contributed by atoms with van der Waals surface area (Å²) in [4.78, 5) is 3.32. The van der Waals surface area contributed by atoms with Gasteiger partial charge in [-0.2, -0.15) is 10.4 Å². The number of aryl methyl sites for hydroxylation is 1. The molecular weight excluding hydrogens is 402 g/mol. The molecule has 1 aliphatic carbocycles. The summed E-state index contributed by atoms with van der Waals surface area (Å²) < 4.78 is 14.1. The standard InChI is InChI=1S/C25H25N5O2/c1-14-7-22(31-2)20(19-5-6-27-23(14)19)13-30-12-16-4-3-15(10-26)25(24(16)29-30)32-21-9-18-8-17(21)11-28-18/h3-7,12,17-18,21,27-28H,8-9,11,13H2,1-2H3/t17-,18-,21-/m1/s1. The lowest BCUT2D eigenvalue weighted by atomic mass is 10.0. The fourth-order valence-electron chi connectivity index (χ4n) is 5.42. The number of nitrogens with zero attached hydrogens (tertiary/aromatic N) is 3. The SMILES string of the molecule is COc1cc(C)c2[nH]ccc2c1Cn1cc2ccc(C#N)c(O[C@@H]3C[C@H]4C[C@@H]3CN4)c2n1. The van der Waals surface area contributed by atoms with Gasteiger partial charge in [-0.15, -0.1) is 0 Å². The van der Waals surface area contributed by atoms with E-state index in [1.807, 2.05) is 29.2 Å². The number of fused-ring (bicyclic) bond motifs is 4. The second kappa shape index (κ2) is 7.28. The van der Waals surface area contributed by atoms with Crippen molar-refractivity contribution in [2.45, 2.75) is 38.5 Å². The molecule has 0 radical (unpaired) electrons. The van der Waals surface area contributed by atoms with Gasteiger partial charge in [-0.3, -0.25) is 4.68 Å². The summed E-state index contributed by atoms with van der Waals surface area (Å²) in [6, 6.07) is 10.8. The number of aromatic amines is 1. The molecular formula is C25H25N5O2. The molecule has 0 spiro atoms. The highest BCUT2D eigenvalue weighted by Gasteiger charge is 2.41. The van der Waals surface area contributed by atoms with E-state index in [4.69, 9.17) is 14.6 Å². The third-order valence-electron chi connectivity index (χ3n) is 7.02. The highest BCUT2D eigenvalue weighted by atomic mass is 16.5. The van der Waals surface area contributed by atoms with Crippen molar-refractivity contribution in [3.63, 3.8) is 0 Å². The van der Waals surface area contributed by atoms with Gasteiger partial charge in [0, 0.05) is 52.8 Å². The normalized spacial score (nSPS) is 22.0. The Hall–Kier alpha value is -3.50. The van der Waals surface area contributed by atoms with Gasteiger partial charge in [-0.1, -0.05) is 0 Å². The summed E-state index contributed by atoms with van der Waals surface area (Å²) in [7, 11) is 1.70. The lowest BCUT2D eigenvalue weighted by Gasteiger charge is -2.24. The number of nitriles is 1. The van der Waals surface area contributed by atoms with Gasteiger partial charge in [0.15, 0.2) is 5.75 Å². The largest absolute Gasteiger partial charge is 0.496 e. The monoisotopic (exact) mass is 427 g/mol. The van der Waals surface area contributed by atoms with E-state index in [0.29, 0.717) is 29.8 Å². The highest BCUT2D eigenvalue weighted by Crippen LogP contribution is 2.38. The summed E-state index contributed by atoms with van der Waals surface area (Å²) in [5, 5.41) is 20.2. The molecule has 0 amide bonds. The van der Waals surface area contributed by atoms with Gasteiger partial charge in [0.25, 0.3) is 0 Å². The van der Waals surface area contributed by atoms with Crippen LogP contribution in [0.3, 0.4) is 0 Å². The zero-order valence-corrected chi connectivity index (χ0v) is 18.2. The van der Waals surface area contributed by atoms with Gasteiger partial charge in [0.05, 0.1) is 19.2 Å². The molecule has 1 saturated carbocycles. The van der Waals surface area contributed by atoms with E-state index in [1.165, 1.54) is 0 Å². The Morgan fingerprint density at radius 3 is 2.94 bits per heavy atom. The van der Waals surface area contributed by atoms with Crippen LogP contribution in [0.1, 0.15) is 29.5 Å². The van der Waals surface area contributed by atoms with Gasteiger partial charge in [-0.05, 0) is 49.6 Å². The number of ether oxygens (including phenoxy) is 2. The maximum atomic E-state index is 9.72. The minimum atomic E-state index is 0.140. The fraction of sp³-hybridized carbons (Fsp3) is 0.360. The Kier molecular flexibility index (Phi) is 4.37. The molecule has 2 aliphatic rings. The lowest BCUT2D eigenvalue weighted by Crippen LogP contribution is -2.35. The maximum absolute atomic E-state index is 9.72. The first-order valence-corrected chi connectivity index (χ1v) is 11.1. The highest BCUT2D eigenvalue weighted by molar-refractivity contribution is 5.89. The number of rotatable bonds is 5. The lowest BCUT2D eigenvalue weighted by molar-refractivity contribution is 0.147. The molecule has 4 aromatic rings. The van der Waals surface area contributed by atoms with E-state index in [9.17, 15) is 5.26 Å². The van der Waals surface area contributed by atoms with Crippen LogP contribution in [0.2, 0.25) is 0 Å². The maximum Gasteiger partial charge on any atom is 0.165 e. The minimum absolute atomic E-state index is 0.140. The van der Waals surface area contributed by atoms with Crippen LogP contribution in [0, 0.1) is 24.2 Å². The van der Waals surface area contributed by atoms with Crippen LogP contribution in [0.25, 0.3) is 21.8 Å². The molecule has 3 heterocycles. The fourth-order valence-corrected chi connectivity index (χ4v) is 5.42. The second-order valence-corrected chi connectivity index (χ2v) is 8.95. The molecule has 6 rings (SSSR count). The Bertz CT molecular complexity index is 1380. The predicted octanol–water partition coefficient (Wildman–Crippen LogP) is 3.88. The molecule has 2 fully saturated rings. The predicted molar refractivity (Wildman–Crippen MR) is 122 cm³/mol.